The third kappa shape index (κ3) is 3.99. The summed E-state index contributed by atoms with van der Waals surface area (Å²) in [7, 11) is 0. The van der Waals surface area contributed by atoms with Gasteiger partial charge < -0.3 is 19.8 Å². The first-order valence-corrected chi connectivity index (χ1v) is 11.1. The van der Waals surface area contributed by atoms with Gasteiger partial charge in [0.05, 0.1) is 16.9 Å². The Morgan fingerprint density at radius 1 is 1.14 bits per heavy atom. The zero-order chi connectivity index (χ0) is 24.7. The summed E-state index contributed by atoms with van der Waals surface area (Å²) >= 11 is 0. The summed E-state index contributed by atoms with van der Waals surface area (Å²) in [6.07, 6.45) is 4.25. The molecule has 0 amide bonds. The van der Waals surface area contributed by atoms with E-state index >= 15 is 0 Å². The monoisotopic (exact) mass is 474 g/mol. The molecule has 5 rings (SSSR count). The van der Waals surface area contributed by atoms with Gasteiger partial charge in [0.2, 0.25) is 17.2 Å². The lowest BCUT2D eigenvalue weighted by molar-refractivity contribution is -0.436. The molecule has 0 spiro atoms. The molecule has 10 nitrogen and oxygen atoms in total. The van der Waals surface area contributed by atoms with Crippen LogP contribution in [0.4, 0.5) is 11.4 Å². The van der Waals surface area contributed by atoms with Crippen molar-refractivity contribution in [3.63, 3.8) is 0 Å². The van der Waals surface area contributed by atoms with Crippen LogP contribution < -0.4 is 5.56 Å². The van der Waals surface area contributed by atoms with Gasteiger partial charge in [-0.2, -0.15) is 0 Å². The number of hydrogen-bond donors (Lipinski definition) is 3. The number of nitrogens with one attached hydrogen (secondary N) is 1. The van der Waals surface area contributed by atoms with E-state index in [0.717, 1.165) is 25.7 Å². The van der Waals surface area contributed by atoms with Crippen LogP contribution in [0.15, 0.2) is 62.9 Å². The van der Waals surface area contributed by atoms with Crippen LogP contribution in [0.25, 0.3) is 17.0 Å². The molecule has 1 aliphatic rings. The number of nitrogens with zero attached hydrogens (tertiary/aromatic N) is 3. The van der Waals surface area contributed by atoms with Gasteiger partial charge in [0, 0.05) is 11.2 Å². The molecule has 178 valence electrons. The van der Waals surface area contributed by atoms with Crippen molar-refractivity contribution in [2.45, 2.75) is 32.6 Å². The molecule has 2 heterocycles. The van der Waals surface area contributed by atoms with Crippen LogP contribution in [0.2, 0.25) is 0 Å². The molecule has 35 heavy (non-hydrogen) atoms. The van der Waals surface area contributed by atoms with Crippen LogP contribution >= 0.6 is 0 Å². The summed E-state index contributed by atoms with van der Waals surface area (Å²) in [5.41, 5.74) is 2.85. The van der Waals surface area contributed by atoms with E-state index in [9.17, 15) is 19.9 Å². The third-order valence-electron chi connectivity index (χ3n) is 6.12. The average Bonchev–Trinajstić information content (AvgIpc) is 3.45. The summed E-state index contributed by atoms with van der Waals surface area (Å²) < 4.78 is 6.58. The van der Waals surface area contributed by atoms with Crippen molar-refractivity contribution in [2.75, 3.05) is 0 Å². The lowest BCUT2D eigenvalue weighted by atomic mass is 9.91. The van der Waals surface area contributed by atoms with E-state index in [0.29, 0.717) is 11.4 Å². The zero-order valence-electron chi connectivity index (χ0n) is 18.8. The van der Waals surface area contributed by atoms with Crippen LogP contribution in [0, 0.1) is 12.1 Å². The Labute approximate surface area is 199 Å². The Morgan fingerprint density at radius 2 is 1.91 bits per heavy atom. The Bertz CT molecular complexity index is 1540. The molecule has 0 saturated carbocycles. The minimum Gasteiger partial charge on any atom is -0.594 e. The van der Waals surface area contributed by atoms with E-state index in [2.05, 4.69) is 10.2 Å². The van der Waals surface area contributed by atoms with Gasteiger partial charge in [-0.25, -0.2) is 9.48 Å². The standard InChI is InChI=1S/C25H22N4O6/c1-14-22(24(31)28(26-14)17-10-9-15-5-2-3-6-16(15)13-17)27-29(34)19-8-4-7-18(23(19)30)20-11-12-21(35-20)25(32)33/h4,7-13,26,30H,2-3,5-6H2,1H3,(H,32,33). The van der Waals surface area contributed by atoms with E-state index in [1.54, 1.807) is 6.92 Å². The number of benzene rings is 2. The summed E-state index contributed by atoms with van der Waals surface area (Å²) in [5.74, 6) is -1.95. The maximum atomic E-state index is 13.1. The second kappa shape index (κ2) is 8.64. The zero-order valence-corrected chi connectivity index (χ0v) is 18.8. The molecule has 2 aromatic carbocycles. The molecule has 10 heteroatoms. The summed E-state index contributed by atoms with van der Waals surface area (Å²) in [6.45, 7) is 1.63. The molecule has 0 atom stereocenters. The van der Waals surface area contributed by atoms with Crippen molar-refractivity contribution < 1.29 is 24.3 Å². The summed E-state index contributed by atoms with van der Waals surface area (Å²) in [6, 6.07) is 12.8. The number of aromatic carboxylic acids is 1. The van der Waals surface area contributed by atoms with Crippen molar-refractivity contribution in [1.29, 1.82) is 0 Å². The number of furan rings is 1. The summed E-state index contributed by atoms with van der Waals surface area (Å²) in [5, 5.41) is 39.5. The maximum Gasteiger partial charge on any atom is 0.371 e. The van der Waals surface area contributed by atoms with Crippen molar-refractivity contribution >= 4 is 17.3 Å². The molecule has 0 saturated heterocycles. The number of fused-ring (bicyclic) bond motifs is 1. The first kappa shape index (κ1) is 22.2. The normalized spacial score (nSPS) is 13.6. The number of rotatable bonds is 5. The van der Waals surface area contributed by atoms with Gasteiger partial charge in [-0.15, -0.1) is 0 Å². The number of aromatic hydroxyl groups is 1. The fraction of sp³-hybridized carbons (Fsp3) is 0.200. The second-order valence-electron chi connectivity index (χ2n) is 8.40. The lowest BCUT2D eigenvalue weighted by Gasteiger charge is -2.16. The van der Waals surface area contributed by atoms with Gasteiger partial charge in [-0.05, 0) is 78.9 Å². The minimum atomic E-state index is -1.26. The first-order valence-electron chi connectivity index (χ1n) is 11.1. The SMILES string of the molecule is Cc1[nH]n(-c2ccc3c(c2)CCCC3)c(=O)c1N=[N+]([O-])c1cccc(-c2ccc(C(=O)O)o2)c1O. The topological polar surface area (TPSA) is 147 Å². The fourth-order valence-electron chi connectivity index (χ4n) is 4.32. The van der Waals surface area contributed by atoms with Crippen LogP contribution in [0.3, 0.4) is 0 Å². The number of phenols is 1. The molecule has 2 aromatic heterocycles. The number of phenolic OH excluding ortho intramolecular Hbond substituents is 1. The number of aromatic nitrogens is 2. The molecule has 1 aliphatic carbocycles. The van der Waals surface area contributed by atoms with Gasteiger partial charge in [0.25, 0.3) is 5.69 Å². The number of aryl methyl sites for hydroxylation is 3. The van der Waals surface area contributed by atoms with Crippen molar-refractivity contribution in [1.82, 2.24) is 9.78 Å². The van der Waals surface area contributed by atoms with E-state index < -0.39 is 17.3 Å². The Morgan fingerprint density at radius 3 is 2.66 bits per heavy atom. The van der Waals surface area contributed by atoms with Gasteiger partial charge in [0.15, 0.2) is 0 Å². The predicted molar refractivity (Wildman–Crippen MR) is 126 cm³/mol. The Hall–Kier alpha value is -4.60. The molecule has 0 fully saturated rings. The quantitative estimate of drug-likeness (QED) is 0.212. The highest BCUT2D eigenvalue weighted by Gasteiger charge is 2.22. The van der Waals surface area contributed by atoms with Gasteiger partial charge >= 0.3 is 11.5 Å². The highest BCUT2D eigenvalue weighted by molar-refractivity contribution is 5.85. The number of aromatic amines is 1. The maximum absolute atomic E-state index is 13.1. The van der Waals surface area contributed by atoms with Crippen LogP contribution in [-0.4, -0.2) is 30.8 Å². The highest BCUT2D eigenvalue weighted by Crippen LogP contribution is 2.38. The largest absolute Gasteiger partial charge is 0.594 e. The van der Waals surface area contributed by atoms with Gasteiger partial charge in [0.1, 0.15) is 5.76 Å². The molecule has 0 bridgehead atoms. The smallest absolute Gasteiger partial charge is 0.371 e. The van der Waals surface area contributed by atoms with E-state index in [1.807, 2.05) is 18.2 Å². The molecule has 4 aromatic rings. The lowest BCUT2D eigenvalue weighted by Crippen LogP contribution is -2.15. The molecular formula is C25H22N4O6. The molecule has 0 radical (unpaired) electrons. The molecule has 3 N–H and O–H groups in total. The van der Waals surface area contributed by atoms with Crippen molar-refractivity contribution in [3.8, 4) is 22.8 Å². The first-order chi connectivity index (χ1) is 16.8. The van der Waals surface area contributed by atoms with Crippen LogP contribution in [0.1, 0.15) is 40.2 Å². The number of H-pyrrole nitrogens is 1. The Balaban J connectivity index is 1.52. The van der Waals surface area contributed by atoms with Crippen LogP contribution in [-0.2, 0) is 12.8 Å². The van der Waals surface area contributed by atoms with Gasteiger partial charge in [-0.3, -0.25) is 9.89 Å². The van der Waals surface area contributed by atoms with Crippen molar-refractivity contribution in [2.24, 2.45) is 5.11 Å². The fourth-order valence-corrected chi connectivity index (χ4v) is 4.32. The number of azo groups is 1. The molecular weight excluding hydrogens is 452 g/mol. The second-order valence-corrected chi connectivity index (χ2v) is 8.40. The van der Waals surface area contributed by atoms with Gasteiger partial charge in [-0.1, -0.05) is 12.1 Å². The predicted octanol–water partition coefficient (Wildman–Crippen LogP) is 4.94. The molecule has 0 aliphatic heterocycles. The average molecular weight is 474 g/mol. The van der Waals surface area contributed by atoms with E-state index in [4.69, 9.17) is 9.52 Å². The minimum absolute atomic E-state index is 0.0720. The number of hydrogen-bond acceptors (Lipinski definition) is 6. The van der Waals surface area contributed by atoms with E-state index in [-0.39, 0.29) is 33.3 Å². The Kier molecular flexibility index (Phi) is 5.48. The van der Waals surface area contributed by atoms with Crippen molar-refractivity contribution in [3.05, 3.63) is 86.7 Å². The summed E-state index contributed by atoms with van der Waals surface area (Å²) in [4.78, 5) is 24.3. The highest BCUT2D eigenvalue weighted by atomic mass is 16.5. The number of para-hydroxylation sites is 1. The number of carboxylic acids is 1. The number of carbonyl (C=O) groups is 1. The third-order valence-corrected chi connectivity index (χ3v) is 6.12. The number of carboxylic acid groups (broad SMARTS) is 1. The molecule has 0 unspecified atom stereocenters. The van der Waals surface area contributed by atoms with E-state index in [1.165, 1.54) is 46.1 Å². The van der Waals surface area contributed by atoms with Crippen LogP contribution in [0.5, 0.6) is 5.75 Å².